The highest BCUT2D eigenvalue weighted by molar-refractivity contribution is 5.81. The monoisotopic (exact) mass is 420 g/mol. The lowest BCUT2D eigenvalue weighted by Gasteiger charge is -2.53. The second-order valence-corrected chi connectivity index (χ2v) is 10.2. The minimum atomic E-state index is -0.137. The molecule has 4 fully saturated rings. The molecule has 3 saturated heterocycles. The van der Waals surface area contributed by atoms with Gasteiger partial charge in [0.1, 0.15) is 0 Å². The number of likely N-dealkylation sites (N-methyl/N-ethyl adjacent to an activating group) is 1. The van der Waals surface area contributed by atoms with Crippen molar-refractivity contribution in [1.82, 2.24) is 19.6 Å². The molecule has 1 spiro atoms. The van der Waals surface area contributed by atoms with E-state index in [4.69, 9.17) is 4.74 Å². The van der Waals surface area contributed by atoms with Crippen LogP contribution in [0.2, 0.25) is 0 Å². The summed E-state index contributed by atoms with van der Waals surface area (Å²) in [5.74, 6) is 0.283. The van der Waals surface area contributed by atoms with E-state index in [1.54, 1.807) is 4.90 Å². The van der Waals surface area contributed by atoms with Gasteiger partial charge in [-0.2, -0.15) is 0 Å². The molecule has 0 unspecified atom stereocenters. The molecule has 0 radical (unpaired) electrons. The lowest BCUT2D eigenvalue weighted by molar-refractivity contribution is -0.137. The van der Waals surface area contributed by atoms with Crippen LogP contribution in [0.4, 0.5) is 4.79 Å². The highest BCUT2D eigenvalue weighted by Gasteiger charge is 2.51. The molecule has 0 aromatic rings. The van der Waals surface area contributed by atoms with E-state index in [1.807, 2.05) is 25.9 Å². The lowest BCUT2D eigenvalue weighted by Crippen LogP contribution is -2.58. The Bertz CT molecular complexity index is 626. The number of carbonyl (C=O) groups is 2. The van der Waals surface area contributed by atoms with Crippen molar-refractivity contribution < 1.29 is 14.3 Å². The average Bonchev–Trinajstić information content (AvgIpc) is 3.18. The summed E-state index contributed by atoms with van der Waals surface area (Å²) in [5.41, 5.74) is 0.338. The molecule has 7 heteroatoms. The predicted octanol–water partition coefficient (Wildman–Crippen LogP) is 2.40. The number of amides is 2. The van der Waals surface area contributed by atoms with Crippen molar-refractivity contribution in [3.05, 3.63) is 0 Å². The van der Waals surface area contributed by atoms with E-state index >= 15 is 0 Å². The number of rotatable bonds is 4. The zero-order valence-corrected chi connectivity index (χ0v) is 19.1. The molecule has 1 saturated carbocycles. The van der Waals surface area contributed by atoms with Crippen molar-refractivity contribution >= 4 is 12.0 Å². The number of hydrogen-bond acceptors (Lipinski definition) is 5. The van der Waals surface area contributed by atoms with Gasteiger partial charge in [-0.05, 0) is 76.9 Å². The van der Waals surface area contributed by atoms with E-state index in [0.29, 0.717) is 24.1 Å². The summed E-state index contributed by atoms with van der Waals surface area (Å²) in [6.07, 6.45) is 9.19. The summed E-state index contributed by atoms with van der Waals surface area (Å²) in [4.78, 5) is 33.6. The van der Waals surface area contributed by atoms with Gasteiger partial charge in [-0.1, -0.05) is 6.42 Å². The van der Waals surface area contributed by atoms with Gasteiger partial charge in [-0.15, -0.1) is 0 Å². The number of hydrogen-bond donors (Lipinski definition) is 0. The molecule has 1 aliphatic carbocycles. The van der Waals surface area contributed by atoms with E-state index in [-0.39, 0.29) is 18.0 Å². The summed E-state index contributed by atoms with van der Waals surface area (Å²) in [7, 11) is 3.77. The molecular weight excluding hydrogens is 380 g/mol. The van der Waals surface area contributed by atoms with E-state index in [2.05, 4.69) is 9.80 Å². The van der Waals surface area contributed by atoms with Crippen molar-refractivity contribution in [3.8, 4) is 0 Å². The Hall–Kier alpha value is -1.34. The van der Waals surface area contributed by atoms with E-state index < -0.39 is 0 Å². The molecule has 0 N–H and O–H groups in total. The average molecular weight is 421 g/mol. The molecule has 0 aromatic carbocycles. The molecule has 4 aliphatic rings. The molecule has 170 valence electrons. The topological polar surface area (TPSA) is 56.3 Å². The highest BCUT2D eigenvalue weighted by atomic mass is 16.6. The smallest absolute Gasteiger partial charge is 0.409 e. The molecular formula is C23H40N4O3. The molecule has 7 nitrogen and oxygen atoms in total. The minimum absolute atomic E-state index is 0.0876. The van der Waals surface area contributed by atoms with Gasteiger partial charge in [0.05, 0.1) is 12.6 Å². The quantitative estimate of drug-likeness (QED) is 0.699. The number of piperidine rings is 2. The first-order valence-corrected chi connectivity index (χ1v) is 12.0. The summed E-state index contributed by atoms with van der Waals surface area (Å²) >= 11 is 0. The Balaban J connectivity index is 1.25. The lowest BCUT2D eigenvalue weighted by atomic mass is 9.64. The van der Waals surface area contributed by atoms with Crippen molar-refractivity contribution in [2.75, 3.05) is 53.4 Å². The zero-order chi connectivity index (χ0) is 21.3. The fourth-order valence-corrected chi connectivity index (χ4v) is 6.37. The van der Waals surface area contributed by atoms with Crippen LogP contribution in [0, 0.1) is 5.41 Å². The summed E-state index contributed by atoms with van der Waals surface area (Å²) in [6.45, 7) is 7.42. The van der Waals surface area contributed by atoms with Crippen LogP contribution < -0.4 is 0 Å². The van der Waals surface area contributed by atoms with Crippen LogP contribution in [-0.4, -0.2) is 103 Å². The fourth-order valence-electron chi connectivity index (χ4n) is 6.37. The second-order valence-electron chi connectivity index (χ2n) is 10.2. The standard InChI is InChI=1S/C23H40N4O3/c1-4-30-22(29)26-14-10-23(17-26)15-19(16-23)25-12-8-18(9-13-25)27-11-6-5-7-20(27)21(28)24(2)3/h18-20H,4-17H2,1-3H3/t19?,20-,23?/m1/s1. The van der Waals surface area contributed by atoms with Gasteiger partial charge in [-0.25, -0.2) is 4.79 Å². The molecule has 4 rings (SSSR count). The van der Waals surface area contributed by atoms with Crippen LogP contribution >= 0.6 is 0 Å². The Morgan fingerprint density at radius 1 is 1.00 bits per heavy atom. The predicted molar refractivity (Wildman–Crippen MR) is 116 cm³/mol. The van der Waals surface area contributed by atoms with Crippen LogP contribution in [0.1, 0.15) is 58.3 Å². The van der Waals surface area contributed by atoms with Gasteiger partial charge in [0.15, 0.2) is 0 Å². The van der Waals surface area contributed by atoms with Gasteiger partial charge >= 0.3 is 6.09 Å². The molecule has 3 aliphatic heterocycles. The van der Waals surface area contributed by atoms with Crippen LogP contribution in [0.15, 0.2) is 0 Å². The van der Waals surface area contributed by atoms with Crippen LogP contribution in [0.5, 0.6) is 0 Å². The zero-order valence-electron chi connectivity index (χ0n) is 19.1. The van der Waals surface area contributed by atoms with Crippen molar-refractivity contribution in [3.63, 3.8) is 0 Å². The third-order valence-corrected chi connectivity index (χ3v) is 8.06. The Morgan fingerprint density at radius 2 is 1.73 bits per heavy atom. The number of likely N-dealkylation sites (tertiary alicyclic amines) is 3. The first kappa shape index (κ1) is 21.9. The maximum atomic E-state index is 12.7. The third kappa shape index (κ3) is 4.33. The van der Waals surface area contributed by atoms with Crippen LogP contribution in [0.25, 0.3) is 0 Å². The van der Waals surface area contributed by atoms with Gasteiger partial charge in [0.2, 0.25) is 5.91 Å². The van der Waals surface area contributed by atoms with E-state index in [0.717, 1.165) is 45.6 Å². The van der Waals surface area contributed by atoms with E-state index in [9.17, 15) is 9.59 Å². The summed E-state index contributed by atoms with van der Waals surface area (Å²) in [5, 5.41) is 0. The minimum Gasteiger partial charge on any atom is -0.450 e. The van der Waals surface area contributed by atoms with Gasteiger partial charge < -0.3 is 19.4 Å². The van der Waals surface area contributed by atoms with E-state index in [1.165, 1.54) is 38.5 Å². The van der Waals surface area contributed by atoms with Crippen molar-refractivity contribution in [2.24, 2.45) is 5.41 Å². The molecule has 0 aromatic heterocycles. The Kier molecular flexibility index (Phi) is 6.58. The maximum absolute atomic E-state index is 12.7. The molecule has 1 atom stereocenters. The maximum Gasteiger partial charge on any atom is 0.409 e. The van der Waals surface area contributed by atoms with Crippen LogP contribution in [-0.2, 0) is 9.53 Å². The van der Waals surface area contributed by atoms with Gasteiger partial charge in [0, 0.05) is 39.3 Å². The molecule has 30 heavy (non-hydrogen) atoms. The SMILES string of the molecule is CCOC(=O)N1CCC2(CC(N3CCC(N4CCCC[C@@H]4C(=O)N(C)C)CC3)C2)C1. The Labute approximate surface area is 181 Å². The number of carbonyl (C=O) groups excluding carboxylic acids is 2. The largest absolute Gasteiger partial charge is 0.450 e. The van der Waals surface area contributed by atoms with Gasteiger partial charge in [-0.3, -0.25) is 9.69 Å². The van der Waals surface area contributed by atoms with Crippen molar-refractivity contribution in [1.29, 1.82) is 0 Å². The second kappa shape index (κ2) is 9.03. The molecule has 0 bridgehead atoms. The first-order valence-electron chi connectivity index (χ1n) is 12.0. The van der Waals surface area contributed by atoms with Crippen LogP contribution in [0.3, 0.4) is 0 Å². The molecule has 3 heterocycles. The Morgan fingerprint density at radius 3 is 2.40 bits per heavy atom. The molecule has 2 amide bonds. The van der Waals surface area contributed by atoms with Crippen molar-refractivity contribution in [2.45, 2.75) is 76.4 Å². The highest BCUT2D eigenvalue weighted by Crippen LogP contribution is 2.50. The third-order valence-electron chi connectivity index (χ3n) is 8.06. The summed E-state index contributed by atoms with van der Waals surface area (Å²) < 4.78 is 5.19. The normalized spacial score (nSPS) is 33.5. The summed E-state index contributed by atoms with van der Waals surface area (Å²) in [6, 6.07) is 1.31. The first-order chi connectivity index (χ1) is 14.4. The van der Waals surface area contributed by atoms with Gasteiger partial charge in [0.25, 0.3) is 0 Å². The number of nitrogens with zero attached hydrogens (tertiary/aromatic N) is 4. The fraction of sp³-hybridized carbons (Fsp3) is 0.913. The number of ether oxygens (including phenoxy) is 1.